The molecule has 5 heteroatoms. The zero-order valence-corrected chi connectivity index (χ0v) is 10.5. The summed E-state index contributed by atoms with van der Waals surface area (Å²) >= 11 is 0. The van der Waals surface area contributed by atoms with Crippen LogP contribution in [0.15, 0.2) is 0 Å². The Balaban J connectivity index is 2.36. The topological polar surface area (TPSA) is 21.3 Å². The third-order valence-corrected chi connectivity index (χ3v) is 3.58. The van der Waals surface area contributed by atoms with Gasteiger partial charge < -0.3 is 10.1 Å². The largest absolute Gasteiger partial charge is 0.414 e. The number of rotatable bonds is 5. The van der Waals surface area contributed by atoms with Gasteiger partial charge in [0.25, 0.3) is 0 Å². The highest BCUT2D eigenvalue weighted by atomic mass is 19.4. The lowest BCUT2D eigenvalue weighted by Crippen LogP contribution is -2.41. The fraction of sp³-hybridized carbons (Fsp3) is 1.00. The lowest BCUT2D eigenvalue weighted by Gasteiger charge is -2.31. The quantitative estimate of drug-likeness (QED) is 0.812. The van der Waals surface area contributed by atoms with Gasteiger partial charge in [0, 0.05) is 6.04 Å². The maximum Gasteiger partial charge on any atom is 0.414 e. The standard InChI is InChI=1S/C12H22F3NO/c1-9(12(13,14)15)17-8-11(16-2)10-6-4-3-5-7-10/h9-11,16H,3-8H2,1-2H3. The van der Waals surface area contributed by atoms with Crippen molar-refractivity contribution in [2.24, 2.45) is 5.92 Å². The van der Waals surface area contributed by atoms with Crippen molar-refractivity contribution in [3.63, 3.8) is 0 Å². The molecule has 0 aromatic carbocycles. The average Bonchev–Trinajstić information content (AvgIpc) is 2.29. The van der Waals surface area contributed by atoms with Crippen LogP contribution in [-0.2, 0) is 4.74 Å². The van der Waals surface area contributed by atoms with E-state index in [1.54, 1.807) is 7.05 Å². The van der Waals surface area contributed by atoms with Crippen molar-refractivity contribution in [2.75, 3.05) is 13.7 Å². The summed E-state index contributed by atoms with van der Waals surface area (Å²) in [7, 11) is 1.79. The number of hydrogen-bond acceptors (Lipinski definition) is 2. The Morgan fingerprint density at radius 2 is 1.82 bits per heavy atom. The van der Waals surface area contributed by atoms with E-state index in [-0.39, 0.29) is 12.6 Å². The van der Waals surface area contributed by atoms with Gasteiger partial charge >= 0.3 is 6.18 Å². The fourth-order valence-electron chi connectivity index (χ4n) is 2.33. The summed E-state index contributed by atoms with van der Waals surface area (Å²) in [6, 6.07) is 0.0418. The molecule has 0 bridgehead atoms. The predicted octanol–water partition coefficient (Wildman–Crippen LogP) is 3.12. The predicted molar refractivity (Wildman–Crippen MR) is 60.9 cm³/mol. The van der Waals surface area contributed by atoms with Crippen LogP contribution in [0.25, 0.3) is 0 Å². The van der Waals surface area contributed by atoms with Crippen LogP contribution in [0, 0.1) is 5.92 Å². The highest BCUT2D eigenvalue weighted by Gasteiger charge is 2.37. The van der Waals surface area contributed by atoms with Gasteiger partial charge in [0.15, 0.2) is 6.10 Å². The SMILES string of the molecule is CNC(COC(C)C(F)(F)F)C1CCCCC1. The van der Waals surface area contributed by atoms with E-state index in [2.05, 4.69) is 5.32 Å². The lowest BCUT2D eigenvalue weighted by atomic mass is 9.84. The minimum Gasteiger partial charge on any atom is -0.367 e. The van der Waals surface area contributed by atoms with Crippen LogP contribution in [0.3, 0.4) is 0 Å². The average molecular weight is 253 g/mol. The van der Waals surface area contributed by atoms with Crippen LogP contribution >= 0.6 is 0 Å². The van der Waals surface area contributed by atoms with Crippen LogP contribution in [-0.4, -0.2) is 32.0 Å². The number of hydrogen-bond donors (Lipinski definition) is 1. The molecule has 2 atom stereocenters. The molecule has 0 aliphatic heterocycles. The minimum atomic E-state index is -4.26. The van der Waals surface area contributed by atoms with Crippen molar-refractivity contribution < 1.29 is 17.9 Å². The van der Waals surface area contributed by atoms with Crippen molar-refractivity contribution in [2.45, 2.75) is 57.3 Å². The van der Waals surface area contributed by atoms with E-state index in [9.17, 15) is 13.2 Å². The number of alkyl halides is 3. The molecule has 0 spiro atoms. The van der Waals surface area contributed by atoms with Crippen molar-refractivity contribution in [1.82, 2.24) is 5.32 Å². The zero-order valence-electron chi connectivity index (χ0n) is 10.5. The van der Waals surface area contributed by atoms with E-state index in [1.807, 2.05) is 0 Å². The summed E-state index contributed by atoms with van der Waals surface area (Å²) in [4.78, 5) is 0. The Morgan fingerprint density at radius 3 is 2.29 bits per heavy atom. The normalized spacial score (nSPS) is 22.4. The molecular weight excluding hydrogens is 231 g/mol. The maximum absolute atomic E-state index is 12.3. The summed E-state index contributed by atoms with van der Waals surface area (Å²) in [5.41, 5.74) is 0. The molecular formula is C12H22F3NO. The summed E-state index contributed by atoms with van der Waals surface area (Å²) < 4.78 is 41.8. The number of likely N-dealkylation sites (N-methyl/N-ethyl adjacent to an activating group) is 1. The Kier molecular flexibility index (Phi) is 5.73. The lowest BCUT2D eigenvalue weighted by molar-refractivity contribution is -0.216. The molecule has 17 heavy (non-hydrogen) atoms. The minimum absolute atomic E-state index is 0.0418. The molecule has 0 amide bonds. The maximum atomic E-state index is 12.3. The van der Waals surface area contributed by atoms with Crippen molar-refractivity contribution in [3.05, 3.63) is 0 Å². The molecule has 0 radical (unpaired) electrons. The zero-order chi connectivity index (χ0) is 12.9. The van der Waals surface area contributed by atoms with Crippen LogP contribution in [0.5, 0.6) is 0 Å². The Hall–Kier alpha value is -0.290. The molecule has 2 unspecified atom stereocenters. The Bertz CT molecular complexity index is 214. The second-order valence-electron chi connectivity index (χ2n) is 4.81. The monoisotopic (exact) mass is 253 g/mol. The molecule has 0 aromatic rings. The van der Waals surface area contributed by atoms with Gasteiger partial charge in [-0.15, -0.1) is 0 Å². The molecule has 1 rings (SSSR count). The van der Waals surface area contributed by atoms with Gasteiger partial charge in [-0.25, -0.2) is 0 Å². The van der Waals surface area contributed by atoms with Crippen molar-refractivity contribution in [3.8, 4) is 0 Å². The summed E-state index contributed by atoms with van der Waals surface area (Å²) in [5, 5.41) is 3.09. The molecule has 2 nitrogen and oxygen atoms in total. The molecule has 102 valence electrons. The molecule has 0 saturated heterocycles. The van der Waals surface area contributed by atoms with E-state index in [1.165, 1.54) is 19.3 Å². The van der Waals surface area contributed by atoms with E-state index < -0.39 is 12.3 Å². The summed E-state index contributed by atoms with van der Waals surface area (Å²) in [6.45, 7) is 1.20. The van der Waals surface area contributed by atoms with Crippen LogP contribution in [0.4, 0.5) is 13.2 Å². The first-order chi connectivity index (χ1) is 7.95. The highest BCUT2D eigenvalue weighted by Crippen LogP contribution is 2.28. The number of ether oxygens (including phenoxy) is 1. The van der Waals surface area contributed by atoms with Crippen molar-refractivity contribution >= 4 is 0 Å². The van der Waals surface area contributed by atoms with E-state index in [4.69, 9.17) is 4.74 Å². The van der Waals surface area contributed by atoms with Gasteiger partial charge in [0.05, 0.1) is 6.61 Å². The first-order valence-electron chi connectivity index (χ1n) is 6.30. The molecule has 1 N–H and O–H groups in total. The van der Waals surface area contributed by atoms with E-state index in [0.717, 1.165) is 19.8 Å². The highest BCUT2D eigenvalue weighted by molar-refractivity contribution is 4.78. The molecule has 1 aliphatic carbocycles. The van der Waals surface area contributed by atoms with Gasteiger partial charge in [-0.1, -0.05) is 19.3 Å². The van der Waals surface area contributed by atoms with Crippen LogP contribution < -0.4 is 5.32 Å². The van der Waals surface area contributed by atoms with Gasteiger partial charge in [-0.05, 0) is 32.7 Å². The molecule has 0 heterocycles. The number of nitrogens with one attached hydrogen (secondary N) is 1. The first-order valence-corrected chi connectivity index (χ1v) is 6.30. The van der Waals surface area contributed by atoms with Gasteiger partial charge in [0.1, 0.15) is 0 Å². The van der Waals surface area contributed by atoms with Crippen molar-refractivity contribution in [1.29, 1.82) is 0 Å². The third kappa shape index (κ3) is 4.84. The van der Waals surface area contributed by atoms with Gasteiger partial charge in [0.2, 0.25) is 0 Å². The Morgan fingerprint density at radius 1 is 1.24 bits per heavy atom. The van der Waals surface area contributed by atoms with Gasteiger partial charge in [-0.2, -0.15) is 13.2 Å². The third-order valence-electron chi connectivity index (χ3n) is 3.58. The van der Waals surface area contributed by atoms with E-state index >= 15 is 0 Å². The van der Waals surface area contributed by atoms with Crippen LogP contribution in [0.2, 0.25) is 0 Å². The van der Waals surface area contributed by atoms with Gasteiger partial charge in [-0.3, -0.25) is 0 Å². The fourth-order valence-corrected chi connectivity index (χ4v) is 2.33. The van der Waals surface area contributed by atoms with Crippen LogP contribution in [0.1, 0.15) is 39.0 Å². The first kappa shape index (κ1) is 14.8. The second kappa shape index (κ2) is 6.59. The number of halogens is 3. The summed E-state index contributed by atoms with van der Waals surface area (Å²) in [5.74, 6) is 0.453. The van der Waals surface area contributed by atoms with E-state index in [0.29, 0.717) is 5.92 Å². The molecule has 0 aromatic heterocycles. The summed E-state index contributed by atoms with van der Waals surface area (Å²) in [6.07, 6.45) is -0.153. The Labute approximate surface area is 101 Å². The molecule has 1 saturated carbocycles. The molecule has 1 aliphatic rings. The second-order valence-corrected chi connectivity index (χ2v) is 4.81. The smallest absolute Gasteiger partial charge is 0.367 e. The molecule has 1 fully saturated rings.